The highest BCUT2D eigenvalue weighted by Gasteiger charge is 2.20. The second-order valence-electron chi connectivity index (χ2n) is 4.84. The Labute approximate surface area is 126 Å². The van der Waals surface area contributed by atoms with E-state index < -0.39 is 5.97 Å². The first kappa shape index (κ1) is 13.9. The molecule has 3 aromatic rings. The lowest BCUT2D eigenvalue weighted by Gasteiger charge is -2.12. The number of carboxylic acids is 1. The Morgan fingerprint density at radius 3 is 2.73 bits per heavy atom. The van der Waals surface area contributed by atoms with E-state index in [0.717, 1.165) is 5.56 Å². The summed E-state index contributed by atoms with van der Waals surface area (Å²) in [4.78, 5) is 15.7. The molecule has 3 rings (SSSR count). The lowest BCUT2D eigenvalue weighted by Crippen LogP contribution is -2.09. The summed E-state index contributed by atoms with van der Waals surface area (Å²) in [7, 11) is 1.54. The minimum absolute atomic E-state index is 0.00870. The number of aromatic carboxylic acids is 1. The molecule has 0 aliphatic rings. The number of aromatic nitrogens is 3. The molecule has 0 radical (unpaired) electrons. The van der Waals surface area contributed by atoms with E-state index in [-0.39, 0.29) is 11.6 Å². The van der Waals surface area contributed by atoms with Gasteiger partial charge in [0.15, 0.2) is 11.3 Å². The first-order valence-corrected chi connectivity index (χ1v) is 6.55. The number of methoxy groups -OCH3 is 1. The lowest BCUT2D eigenvalue weighted by atomic mass is 10.0. The van der Waals surface area contributed by atoms with Crippen LogP contribution in [0.3, 0.4) is 0 Å². The van der Waals surface area contributed by atoms with Gasteiger partial charge in [-0.2, -0.15) is 4.98 Å². The Bertz CT molecular complexity index is 886. The minimum atomic E-state index is -1.12. The molecule has 0 bridgehead atoms. The van der Waals surface area contributed by atoms with Gasteiger partial charge >= 0.3 is 5.97 Å². The molecule has 0 saturated carbocycles. The van der Waals surface area contributed by atoms with E-state index in [9.17, 15) is 9.90 Å². The number of carboxylic acid groups (broad SMARTS) is 1. The summed E-state index contributed by atoms with van der Waals surface area (Å²) >= 11 is 0. The van der Waals surface area contributed by atoms with Gasteiger partial charge in [-0.25, -0.2) is 9.31 Å². The minimum Gasteiger partial charge on any atom is -0.496 e. The fraction of sp³-hybridized carbons (Fsp3) is 0.133. The fourth-order valence-electron chi connectivity index (χ4n) is 2.42. The molecule has 22 heavy (non-hydrogen) atoms. The maximum atomic E-state index is 11.7. The number of anilines is 1. The number of hydrogen-bond acceptors (Lipinski definition) is 5. The number of nitrogens with zero attached hydrogens (tertiary/aromatic N) is 3. The van der Waals surface area contributed by atoms with Crippen LogP contribution < -0.4 is 10.5 Å². The van der Waals surface area contributed by atoms with Crippen LogP contribution in [0.25, 0.3) is 16.8 Å². The molecule has 7 nitrogen and oxygen atoms in total. The Hall–Kier alpha value is -3.09. The van der Waals surface area contributed by atoms with Gasteiger partial charge in [-0.05, 0) is 31.2 Å². The molecule has 0 amide bonds. The van der Waals surface area contributed by atoms with Crippen LogP contribution >= 0.6 is 0 Å². The Morgan fingerprint density at radius 1 is 1.27 bits per heavy atom. The van der Waals surface area contributed by atoms with Crippen molar-refractivity contribution in [2.45, 2.75) is 6.92 Å². The molecule has 7 heteroatoms. The van der Waals surface area contributed by atoms with Crippen LogP contribution in [0, 0.1) is 6.92 Å². The second kappa shape index (κ2) is 5.03. The molecule has 2 aromatic heterocycles. The third kappa shape index (κ3) is 2.12. The average Bonchev–Trinajstić information content (AvgIpc) is 2.85. The van der Waals surface area contributed by atoms with Crippen molar-refractivity contribution in [3.05, 3.63) is 41.6 Å². The van der Waals surface area contributed by atoms with Crippen LogP contribution in [-0.2, 0) is 0 Å². The number of nitrogens with two attached hydrogens (primary N) is 1. The molecule has 2 heterocycles. The van der Waals surface area contributed by atoms with E-state index in [1.54, 1.807) is 25.3 Å². The smallest absolute Gasteiger partial charge is 0.355 e. The molecule has 0 unspecified atom stereocenters. The van der Waals surface area contributed by atoms with Gasteiger partial charge in [0.1, 0.15) is 5.75 Å². The van der Waals surface area contributed by atoms with E-state index in [0.29, 0.717) is 22.5 Å². The highest BCUT2D eigenvalue weighted by molar-refractivity contribution is 5.96. The van der Waals surface area contributed by atoms with Crippen LogP contribution in [0.15, 0.2) is 30.3 Å². The maximum absolute atomic E-state index is 11.7. The maximum Gasteiger partial charge on any atom is 0.355 e. The summed E-state index contributed by atoms with van der Waals surface area (Å²) < 4.78 is 6.57. The third-order valence-electron chi connectivity index (χ3n) is 3.36. The number of aryl methyl sites for hydroxylation is 1. The molecule has 112 valence electrons. The number of hydrogen-bond donors (Lipinski definition) is 2. The predicted molar refractivity (Wildman–Crippen MR) is 81.1 cm³/mol. The normalized spacial score (nSPS) is 10.8. The second-order valence-corrected chi connectivity index (χ2v) is 4.84. The zero-order chi connectivity index (χ0) is 15.9. The number of rotatable bonds is 3. The van der Waals surface area contributed by atoms with Gasteiger partial charge in [0.2, 0.25) is 5.95 Å². The highest BCUT2D eigenvalue weighted by atomic mass is 16.5. The number of benzene rings is 1. The Balaban J connectivity index is 2.38. The van der Waals surface area contributed by atoms with Crippen molar-refractivity contribution in [2.24, 2.45) is 0 Å². The molecule has 0 aliphatic heterocycles. The van der Waals surface area contributed by atoms with E-state index in [4.69, 9.17) is 10.5 Å². The first-order valence-electron chi connectivity index (χ1n) is 6.55. The molecule has 3 N–H and O–H groups in total. The van der Waals surface area contributed by atoms with Gasteiger partial charge in [0.25, 0.3) is 0 Å². The molecular formula is C15H14N4O3. The quantitative estimate of drug-likeness (QED) is 0.766. The SMILES string of the molecule is COc1ccc(C)cc1-c1ccc2nc(N)nn2c1C(=O)O. The molecular weight excluding hydrogens is 284 g/mol. The molecule has 0 fully saturated rings. The van der Waals surface area contributed by atoms with Gasteiger partial charge in [-0.1, -0.05) is 11.6 Å². The summed E-state index contributed by atoms with van der Waals surface area (Å²) in [5, 5.41) is 13.6. The Kier molecular flexibility index (Phi) is 3.17. The van der Waals surface area contributed by atoms with Crippen LogP contribution in [0.2, 0.25) is 0 Å². The molecule has 0 aliphatic carbocycles. The highest BCUT2D eigenvalue weighted by Crippen LogP contribution is 2.33. The van der Waals surface area contributed by atoms with Crippen LogP contribution in [0.5, 0.6) is 5.75 Å². The number of pyridine rings is 1. The van der Waals surface area contributed by atoms with Crippen molar-refractivity contribution >= 4 is 17.6 Å². The largest absolute Gasteiger partial charge is 0.496 e. The summed E-state index contributed by atoms with van der Waals surface area (Å²) in [6.07, 6.45) is 0. The number of ether oxygens (including phenoxy) is 1. The van der Waals surface area contributed by atoms with Crippen molar-refractivity contribution in [1.82, 2.24) is 14.6 Å². The van der Waals surface area contributed by atoms with Crippen LogP contribution in [0.1, 0.15) is 16.1 Å². The molecule has 1 aromatic carbocycles. The van der Waals surface area contributed by atoms with Crippen LogP contribution in [-0.4, -0.2) is 32.8 Å². The van der Waals surface area contributed by atoms with Crippen molar-refractivity contribution < 1.29 is 14.6 Å². The average molecular weight is 298 g/mol. The number of fused-ring (bicyclic) bond motifs is 1. The topological polar surface area (TPSA) is 103 Å². The number of carbonyl (C=O) groups is 1. The van der Waals surface area contributed by atoms with Crippen molar-refractivity contribution in [3.8, 4) is 16.9 Å². The van der Waals surface area contributed by atoms with Crippen LogP contribution in [0.4, 0.5) is 5.95 Å². The van der Waals surface area contributed by atoms with E-state index in [1.807, 2.05) is 19.1 Å². The number of nitrogen functional groups attached to an aromatic ring is 1. The summed E-state index contributed by atoms with van der Waals surface area (Å²) in [6, 6.07) is 8.93. The summed E-state index contributed by atoms with van der Waals surface area (Å²) in [6.45, 7) is 1.93. The third-order valence-corrected chi connectivity index (χ3v) is 3.36. The standard InChI is InChI=1S/C15H14N4O3/c1-8-3-5-11(22-2)10(7-8)9-4-6-12-17-15(16)18-19(12)13(9)14(20)21/h3-7H,1-2H3,(H2,16,18)(H,20,21). The lowest BCUT2D eigenvalue weighted by molar-refractivity contribution is 0.0688. The summed E-state index contributed by atoms with van der Waals surface area (Å²) in [5.74, 6) is -0.509. The monoisotopic (exact) mass is 298 g/mol. The van der Waals surface area contributed by atoms with Gasteiger partial charge in [-0.15, -0.1) is 5.10 Å². The van der Waals surface area contributed by atoms with Gasteiger partial charge in [0.05, 0.1) is 7.11 Å². The Morgan fingerprint density at radius 2 is 2.05 bits per heavy atom. The van der Waals surface area contributed by atoms with Gasteiger partial charge < -0.3 is 15.6 Å². The summed E-state index contributed by atoms with van der Waals surface area (Å²) in [5.41, 5.74) is 8.10. The zero-order valence-corrected chi connectivity index (χ0v) is 12.1. The van der Waals surface area contributed by atoms with Gasteiger partial charge in [-0.3, -0.25) is 0 Å². The predicted octanol–water partition coefficient (Wildman–Crippen LogP) is 1.99. The zero-order valence-electron chi connectivity index (χ0n) is 12.1. The van der Waals surface area contributed by atoms with E-state index >= 15 is 0 Å². The first-order chi connectivity index (χ1) is 10.5. The van der Waals surface area contributed by atoms with E-state index in [2.05, 4.69) is 10.1 Å². The van der Waals surface area contributed by atoms with Crippen molar-refractivity contribution in [3.63, 3.8) is 0 Å². The molecule has 0 saturated heterocycles. The van der Waals surface area contributed by atoms with Crippen molar-refractivity contribution in [1.29, 1.82) is 0 Å². The van der Waals surface area contributed by atoms with Gasteiger partial charge in [0, 0.05) is 11.1 Å². The van der Waals surface area contributed by atoms with Crippen molar-refractivity contribution in [2.75, 3.05) is 12.8 Å². The molecule has 0 atom stereocenters. The fourth-order valence-corrected chi connectivity index (χ4v) is 2.42. The van der Waals surface area contributed by atoms with E-state index in [1.165, 1.54) is 4.52 Å². The molecule has 0 spiro atoms.